The number of carbonyl (C=O) groups excluding carboxylic acids is 3. The van der Waals surface area contributed by atoms with E-state index in [1.165, 1.54) is 43.5 Å². The third kappa shape index (κ3) is 4.26. The van der Waals surface area contributed by atoms with E-state index >= 15 is 0 Å². The predicted octanol–water partition coefficient (Wildman–Crippen LogP) is 2.84. The number of halogens is 1. The molecule has 0 aromatic heterocycles. The summed E-state index contributed by atoms with van der Waals surface area (Å²) in [5, 5.41) is 2.89. The smallest absolute Gasteiger partial charge is 0.261 e. The van der Waals surface area contributed by atoms with Crippen molar-refractivity contribution in [2.24, 2.45) is 0 Å². The third-order valence-corrected chi connectivity index (χ3v) is 5.65. The minimum Gasteiger partial charge on any atom is -0.351 e. The van der Waals surface area contributed by atoms with Crippen LogP contribution in [0.3, 0.4) is 0 Å². The summed E-state index contributed by atoms with van der Waals surface area (Å²) in [5.41, 5.74) is 1.52. The van der Waals surface area contributed by atoms with Gasteiger partial charge in [0.2, 0.25) is 0 Å². The molecule has 2 aromatic carbocycles. The molecule has 156 valence electrons. The third-order valence-electron chi connectivity index (χ3n) is 5.65. The van der Waals surface area contributed by atoms with Crippen molar-refractivity contribution in [3.63, 3.8) is 0 Å². The number of likely N-dealkylation sites (tertiary alicyclic amines) is 1. The molecule has 30 heavy (non-hydrogen) atoms. The van der Waals surface area contributed by atoms with Crippen LogP contribution in [-0.2, 0) is 6.54 Å². The van der Waals surface area contributed by atoms with Gasteiger partial charge in [-0.05, 0) is 61.8 Å². The molecule has 2 aromatic rings. The van der Waals surface area contributed by atoms with E-state index in [4.69, 9.17) is 0 Å². The fraction of sp³-hybridized carbons (Fsp3) is 0.348. The predicted molar refractivity (Wildman–Crippen MR) is 110 cm³/mol. The van der Waals surface area contributed by atoms with Crippen molar-refractivity contribution in [3.8, 4) is 0 Å². The Labute approximate surface area is 174 Å². The van der Waals surface area contributed by atoms with Crippen molar-refractivity contribution in [2.75, 3.05) is 26.2 Å². The van der Waals surface area contributed by atoms with Crippen molar-refractivity contribution in [1.29, 1.82) is 0 Å². The molecule has 7 heteroatoms. The number of benzene rings is 2. The number of amides is 3. The molecule has 0 spiro atoms. The van der Waals surface area contributed by atoms with Crippen LogP contribution < -0.4 is 5.32 Å². The zero-order valence-electron chi connectivity index (χ0n) is 16.7. The SMILES string of the molecule is O=C(NCCN1CCCCC1)c1ccc2c(c1)C(=O)N(Cc1ccc(F)cc1)C2=O. The summed E-state index contributed by atoms with van der Waals surface area (Å²) in [5.74, 6) is -1.48. The quantitative estimate of drug-likeness (QED) is 0.745. The molecule has 6 nitrogen and oxygen atoms in total. The number of nitrogens with zero attached hydrogens (tertiary/aromatic N) is 2. The van der Waals surface area contributed by atoms with Crippen molar-refractivity contribution >= 4 is 17.7 Å². The molecular weight excluding hydrogens is 385 g/mol. The fourth-order valence-corrected chi connectivity index (χ4v) is 3.96. The van der Waals surface area contributed by atoms with Gasteiger partial charge in [0.1, 0.15) is 5.82 Å². The topological polar surface area (TPSA) is 69.7 Å². The lowest BCUT2D eigenvalue weighted by molar-refractivity contribution is 0.0642. The summed E-state index contributed by atoms with van der Waals surface area (Å²) < 4.78 is 13.1. The average Bonchev–Trinajstić information content (AvgIpc) is 3.00. The largest absolute Gasteiger partial charge is 0.351 e. The van der Waals surface area contributed by atoms with Gasteiger partial charge in [-0.15, -0.1) is 0 Å². The van der Waals surface area contributed by atoms with Gasteiger partial charge in [-0.3, -0.25) is 19.3 Å². The highest BCUT2D eigenvalue weighted by Crippen LogP contribution is 2.25. The summed E-state index contributed by atoms with van der Waals surface area (Å²) >= 11 is 0. The van der Waals surface area contributed by atoms with E-state index in [-0.39, 0.29) is 29.4 Å². The molecule has 0 bridgehead atoms. The summed E-state index contributed by atoms with van der Waals surface area (Å²) in [6.45, 7) is 3.54. The highest BCUT2D eigenvalue weighted by atomic mass is 19.1. The number of nitrogens with one attached hydrogen (secondary N) is 1. The average molecular weight is 409 g/mol. The van der Waals surface area contributed by atoms with Crippen molar-refractivity contribution < 1.29 is 18.8 Å². The van der Waals surface area contributed by atoms with Gasteiger partial charge in [0.05, 0.1) is 17.7 Å². The van der Waals surface area contributed by atoms with Crippen LogP contribution in [0.4, 0.5) is 4.39 Å². The molecule has 2 aliphatic rings. The Hall–Kier alpha value is -3.06. The molecule has 0 radical (unpaired) electrons. The second-order valence-electron chi connectivity index (χ2n) is 7.74. The van der Waals surface area contributed by atoms with Crippen LogP contribution in [0.25, 0.3) is 0 Å². The number of piperidine rings is 1. The van der Waals surface area contributed by atoms with E-state index in [0.717, 1.165) is 24.5 Å². The van der Waals surface area contributed by atoms with Gasteiger partial charge in [0.25, 0.3) is 17.7 Å². The highest BCUT2D eigenvalue weighted by Gasteiger charge is 2.36. The van der Waals surface area contributed by atoms with Crippen LogP contribution in [0.2, 0.25) is 0 Å². The first kappa shape index (κ1) is 20.2. The first-order valence-corrected chi connectivity index (χ1v) is 10.3. The molecule has 0 aliphatic carbocycles. The number of hydrogen-bond donors (Lipinski definition) is 1. The lowest BCUT2D eigenvalue weighted by atomic mass is 10.1. The highest BCUT2D eigenvalue weighted by molar-refractivity contribution is 6.22. The van der Waals surface area contributed by atoms with E-state index in [1.807, 2.05) is 0 Å². The Bertz CT molecular complexity index is 968. The maximum absolute atomic E-state index is 13.1. The van der Waals surface area contributed by atoms with Crippen LogP contribution in [-0.4, -0.2) is 53.7 Å². The first-order chi connectivity index (χ1) is 14.5. The minimum absolute atomic E-state index is 0.0595. The van der Waals surface area contributed by atoms with E-state index in [1.54, 1.807) is 18.2 Å². The Morgan fingerprint density at radius 3 is 2.37 bits per heavy atom. The van der Waals surface area contributed by atoms with Gasteiger partial charge in [0.15, 0.2) is 0 Å². The van der Waals surface area contributed by atoms with Crippen molar-refractivity contribution in [2.45, 2.75) is 25.8 Å². The maximum Gasteiger partial charge on any atom is 0.261 e. The first-order valence-electron chi connectivity index (χ1n) is 10.3. The van der Waals surface area contributed by atoms with Gasteiger partial charge in [-0.1, -0.05) is 18.6 Å². The molecule has 0 unspecified atom stereocenters. The second-order valence-corrected chi connectivity index (χ2v) is 7.74. The molecule has 3 amide bonds. The zero-order valence-corrected chi connectivity index (χ0v) is 16.7. The van der Waals surface area contributed by atoms with Gasteiger partial charge < -0.3 is 10.2 Å². The van der Waals surface area contributed by atoms with Gasteiger partial charge >= 0.3 is 0 Å². The van der Waals surface area contributed by atoms with E-state index in [2.05, 4.69) is 10.2 Å². The summed E-state index contributed by atoms with van der Waals surface area (Å²) in [4.78, 5) is 41.4. The van der Waals surface area contributed by atoms with Crippen molar-refractivity contribution in [3.05, 3.63) is 70.5 Å². The monoisotopic (exact) mass is 409 g/mol. The van der Waals surface area contributed by atoms with Crippen LogP contribution in [0.15, 0.2) is 42.5 Å². The molecule has 0 saturated carbocycles. The summed E-state index contributed by atoms with van der Waals surface area (Å²) in [6.07, 6.45) is 3.66. The van der Waals surface area contributed by atoms with E-state index in [9.17, 15) is 18.8 Å². The van der Waals surface area contributed by atoms with E-state index < -0.39 is 11.8 Å². The Balaban J connectivity index is 1.40. The van der Waals surface area contributed by atoms with Crippen LogP contribution in [0.5, 0.6) is 0 Å². The molecule has 2 heterocycles. The van der Waals surface area contributed by atoms with Crippen LogP contribution in [0, 0.1) is 5.82 Å². The number of rotatable bonds is 6. The lowest BCUT2D eigenvalue weighted by Gasteiger charge is -2.26. The standard InChI is InChI=1S/C23H24FN3O3/c24-18-7-4-16(5-8-18)15-27-22(29)19-9-6-17(14-20(19)23(27)30)21(28)25-10-13-26-11-2-1-3-12-26/h4-9,14H,1-3,10-13,15H2,(H,25,28). The van der Waals surface area contributed by atoms with Crippen LogP contribution >= 0.6 is 0 Å². The molecular formula is C23H24FN3O3. The van der Waals surface area contributed by atoms with Gasteiger partial charge in [-0.25, -0.2) is 4.39 Å². The fourth-order valence-electron chi connectivity index (χ4n) is 3.96. The molecule has 1 N–H and O–H groups in total. The number of carbonyl (C=O) groups is 3. The minimum atomic E-state index is -0.442. The number of hydrogen-bond acceptors (Lipinski definition) is 4. The summed E-state index contributed by atoms with van der Waals surface area (Å²) in [6, 6.07) is 10.2. The normalized spacial score (nSPS) is 16.6. The Morgan fingerprint density at radius 2 is 1.63 bits per heavy atom. The van der Waals surface area contributed by atoms with Crippen LogP contribution in [0.1, 0.15) is 55.9 Å². The van der Waals surface area contributed by atoms with Gasteiger partial charge in [0, 0.05) is 18.7 Å². The zero-order chi connectivity index (χ0) is 21.1. The molecule has 2 aliphatic heterocycles. The second kappa shape index (κ2) is 8.75. The molecule has 1 fully saturated rings. The number of imide groups is 1. The Morgan fingerprint density at radius 1 is 0.933 bits per heavy atom. The maximum atomic E-state index is 13.1. The molecule has 1 saturated heterocycles. The van der Waals surface area contributed by atoms with E-state index in [0.29, 0.717) is 17.7 Å². The van der Waals surface area contributed by atoms with Crippen molar-refractivity contribution in [1.82, 2.24) is 15.1 Å². The molecule has 0 atom stereocenters. The Kier molecular flexibility index (Phi) is 5.90. The summed E-state index contributed by atoms with van der Waals surface area (Å²) in [7, 11) is 0. The number of fused-ring (bicyclic) bond motifs is 1. The molecule has 4 rings (SSSR count). The van der Waals surface area contributed by atoms with Gasteiger partial charge in [-0.2, -0.15) is 0 Å². The lowest BCUT2D eigenvalue weighted by Crippen LogP contribution is -2.37.